The number of hydrogen-bond donors (Lipinski definition) is 2. The quantitative estimate of drug-likeness (QED) is 0.372. The SMILES string of the molecule is COc1ccc(C(=O)Cc2c(Cl)cncc2Cl)c(OCC(=O)NCCNC(C)=O)c1OC. The van der Waals surface area contributed by atoms with Gasteiger partial charge in [0.05, 0.1) is 29.8 Å². The molecule has 172 valence electrons. The Hall–Kier alpha value is -3.04. The number of ether oxygens (including phenoxy) is 3. The summed E-state index contributed by atoms with van der Waals surface area (Å²) in [4.78, 5) is 40.0. The van der Waals surface area contributed by atoms with Gasteiger partial charge in [0, 0.05) is 44.4 Å². The van der Waals surface area contributed by atoms with Gasteiger partial charge < -0.3 is 24.8 Å². The predicted octanol–water partition coefficient (Wildman–Crippen LogP) is 2.46. The monoisotopic (exact) mass is 483 g/mol. The van der Waals surface area contributed by atoms with Crippen LogP contribution in [0.5, 0.6) is 17.2 Å². The summed E-state index contributed by atoms with van der Waals surface area (Å²) < 4.78 is 16.3. The van der Waals surface area contributed by atoms with Gasteiger partial charge in [-0.1, -0.05) is 23.2 Å². The van der Waals surface area contributed by atoms with Crippen LogP contribution in [-0.2, 0) is 16.0 Å². The smallest absolute Gasteiger partial charge is 0.258 e. The van der Waals surface area contributed by atoms with Crippen molar-refractivity contribution >= 4 is 40.8 Å². The number of amides is 2. The van der Waals surface area contributed by atoms with E-state index in [1.54, 1.807) is 6.07 Å². The highest BCUT2D eigenvalue weighted by atomic mass is 35.5. The molecule has 1 heterocycles. The predicted molar refractivity (Wildman–Crippen MR) is 119 cm³/mol. The standard InChI is InChI=1S/C21H23Cl2N3O6/c1-12(27)25-6-7-26-19(29)11-32-20-13(4-5-18(30-2)21(20)31-3)17(28)8-14-15(22)9-24-10-16(14)23/h4-5,9-10H,6-8,11H2,1-3H3,(H,25,27)(H,26,29). The average Bonchev–Trinajstić information content (AvgIpc) is 2.76. The van der Waals surface area contributed by atoms with Crippen LogP contribution in [0.2, 0.25) is 10.0 Å². The molecule has 0 atom stereocenters. The van der Waals surface area contributed by atoms with Gasteiger partial charge in [0.15, 0.2) is 23.9 Å². The topological polar surface area (TPSA) is 116 Å². The molecule has 32 heavy (non-hydrogen) atoms. The summed E-state index contributed by atoms with van der Waals surface area (Å²) in [7, 11) is 2.83. The maximum atomic E-state index is 13.1. The van der Waals surface area contributed by atoms with E-state index in [-0.39, 0.29) is 64.9 Å². The first-order valence-corrected chi connectivity index (χ1v) is 10.2. The molecule has 0 radical (unpaired) electrons. The van der Waals surface area contributed by atoms with Crippen molar-refractivity contribution in [3.63, 3.8) is 0 Å². The van der Waals surface area contributed by atoms with Crippen molar-refractivity contribution < 1.29 is 28.6 Å². The zero-order chi connectivity index (χ0) is 23.7. The van der Waals surface area contributed by atoms with Crippen molar-refractivity contribution in [2.45, 2.75) is 13.3 Å². The minimum absolute atomic E-state index is 0.0511. The fraction of sp³-hybridized carbons (Fsp3) is 0.333. The number of hydrogen-bond acceptors (Lipinski definition) is 7. The molecule has 1 aromatic carbocycles. The van der Waals surface area contributed by atoms with Crippen molar-refractivity contribution in [2.24, 2.45) is 0 Å². The normalized spacial score (nSPS) is 10.3. The summed E-state index contributed by atoms with van der Waals surface area (Å²) in [6.45, 7) is 1.49. The summed E-state index contributed by atoms with van der Waals surface area (Å²) >= 11 is 12.3. The van der Waals surface area contributed by atoms with Gasteiger partial charge in [-0.05, 0) is 12.1 Å². The lowest BCUT2D eigenvalue weighted by Crippen LogP contribution is -2.36. The Morgan fingerprint density at radius 2 is 1.62 bits per heavy atom. The van der Waals surface area contributed by atoms with Gasteiger partial charge in [0.25, 0.3) is 5.91 Å². The van der Waals surface area contributed by atoms with Crippen LogP contribution in [0.1, 0.15) is 22.8 Å². The number of halogens is 2. The molecule has 2 rings (SSSR count). The van der Waals surface area contributed by atoms with Gasteiger partial charge in [-0.15, -0.1) is 0 Å². The van der Waals surface area contributed by atoms with Gasteiger partial charge in [-0.3, -0.25) is 19.4 Å². The first-order chi connectivity index (χ1) is 15.3. The minimum Gasteiger partial charge on any atom is -0.493 e. The molecule has 0 saturated carbocycles. The number of aromatic nitrogens is 1. The third-order valence-electron chi connectivity index (χ3n) is 4.26. The molecule has 0 aliphatic heterocycles. The van der Waals surface area contributed by atoms with Crippen LogP contribution in [0, 0.1) is 0 Å². The summed E-state index contributed by atoms with van der Waals surface area (Å²) in [6, 6.07) is 3.07. The molecule has 1 aromatic heterocycles. The fourth-order valence-corrected chi connectivity index (χ4v) is 3.25. The van der Waals surface area contributed by atoms with Crippen molar-refractivity contribution in [3.05, 3.63) is 45.7 Å². The summed E-state index contributed by atoms with van der Waals surface area (Å²) in [5.41, 5.74) is 0.586. The number of nitrogens with zero attached hydrogens (tertiary/aromatic N) is 1. The van der Waals surface area contributed by atoms with E-state index in [9.17, 15) is 14.4 Å². The van der Waals surface area contributed by atoms with Gasteiger partial charge >= 0.3 is 0 Å². The first kappa shape index (κ1) is 25.2. The minimum atomic E-state index is -0.446. The highest BCUT2D eigenvalue weighted by Crippen LogP contribution is 2.40. The van der Waals surface area contributed by atoms with Crippen LogP contribution < -0.4 is 24.8 Å². The zero-order valence-electron chi connectivity index (χ0n) is 17.8. The highest BCUT2D eigenvalue weighted by Gasteiger charge is 2.23. The summed E-state index contributed by atoms with van der Waals surface area (Å²) in [6.07, 6.45) is 2.68. The lowest BCUT2D eigenvalue weighted by atomic mass is 10.0. The number of carbonyl (C=O) groups excluding carboxylic acids is 3. The van der Waals surface area contributed by atoms with E-state index in [0.717, 1.165) is 0 Å². The molecule has 0 fully saturated rings. The highest BCUT2D eigenvalue weighted by molar-refractivity contribution is 6.36. The molecule has 2 aromatic rings. The van der Waals surface area contributed by atoms with Crippen LogP contribution >= 0.6 is 23.2 Å². The zero-order valence-corrected chi connectivity index (χ0v) is 19.3. The molecule has 0 unspecified atom stereocenters. The molecule has 0 aliphatic rings. The van der Waals surface area contributed by atoms with Crippen LogP contribution in [-0.4, -0.2) is 56.5 Å². The third-order valence-corrected chi connectivity index (χ3v) is 4.91. The third kappa shape index (κ3) is 6.73. The first-order valence-electron chi connectivity index (χ1n) is 9.48. The Morgan fingerprint density at radius 3 is 2.22 bits per heavy atom. The van der Waals surface area contributed by atoms with Gasteiger partial charge in [-0.25, -0.2) is 0 Å². The Kier molecular flexibility index (Phi) is 9.55. The molecule has 9 nitrogen and oxygen atoms in total. The molecular formula is C21H23Cl2N3O6. The maximum Gasteiger partial charge on any atom is 0.258 e. The molecular weight excluding hydrogens is 461 g/mol. The van der Waals surface area contributed by atoms with Crippen LogP contribution in [0.4, 0.5) is 0 Å². The van der Waals surface area contributed by atoms with E-state index in [2.05, 4.69) is 15.6 Å². The second kappa shape index (κ2) is 12.1. The van der Waals surface area contributed by atoms with Gasteiger partial charge in [-0.2, -0.15) is 0 Å². The van der Waals surface area contributed by atoms with Crippen molar-refractivity contribution in [1.29, 1.82) is 0 Å². The molecule has 0 bridgehead atoms. The van der Waals surface area contributed by atoms with E-state index in [1.807, 2.05) is 0 Å². The van der Waals surface area contributed by atoms with E-state index in [4.69, 9.17) is 37.4 Å². The average molecular weight is 484 g/mol. The number of nitrogens with one attached hydrogen (secondary N) is 2. The number of rotatable bonds is 11. The lowest BCUT2D eigenvalue weighted by molar-refractivity contribution is -0.123. The Labute approximate surface area is 195 Å². The lowest BCUT2D eigenvalue weighted by Gasteiger charge is -2.17. The van der Waals surface area contributed by atoms with E-state index in [0.29, 0.717) is 11.3 Å². The molecule has 0 aliphatic carbocycles. The van der Waals surface area contributed by atoms with E-state index >= 15 is 0 Å². The largest absolute Gasteiger partial charge is 0.493 e. The van der Waals surface area contributed by atoms with Crippen LogP contribution in [0.15, 0.2) is 24.5 Å². The van der Waals surface area contributed by atoms with Gasteiger partial charge in [0.1, 0.15) is 0 Å². The maximum absolute atomic E-state index is 13.1. The van der Waals surface area contributed by atoms with E-state index < -0.39 is 5.91 Å². The second-order valence-electron chi connectivity index (χ2n) is 6.48. The van der Waals surface area contributed by atoms with Crippen molar-refractivity contribution in [3.8, 4) is 17.2 Å². The molecule has 0 saturated heterocycles. The van der Waals surface area contributed by atoms with Crippen molar-refractivity contribution in [2.75, 3.05) is 33.9 Å². The fourth-order valence-electron chi connectivity index (χ4n) is 2.75. The Bertz CT molecular complexity index is 979. The number of methoxy groups -OCH3 is 2. The number of carbonyl (C=O) groups is 3. The Balaban J connectivity index is 2.23. The summed E-state index contributed by atoms with van der Waals surface area (Å²) in [5, 5.41) is 5.68. The number of benzene rings is 1. The molecule has 2 N–H and O–H groups in total. The Morgan fingerprint density at radius 1 is 0.969 bits per heavy atom. The van der Waals surface area contributed by atoms with Gasteiger partial charge in [0.2, 0.25) is 11.7 Å². The molecule has 0 spiro atoms. The summed E-state index contributed by atoms with van der Waals surface area (Å²) in [5.74, 6) is -0.466. The molecule has 2 amide bonds. The number of Topliss-reactive ketones (excluding diaryl/α,β-unsaturated/α-hetero) is 1. The number of pyridine rings is 1. The van der Waals surface area contributed by atoms with Crippen LogP contribution in [0.3, 0.4) is 0 Å². The second-order valence-corrected chi connectivity index (χ2v) is 7.30. The van der Waals surface area contributed by atoms with Crippen molar-refractivity contribution in [1.82, 2.24) is 15.6 Å². The van der Waals surface area contributed by atoms with Crippen LogP contribution in [0.25, 0.3) is 0 Å². The number of ketones is 1. The van der Waals surface area contributed by atoms with E-state index in [1.165, 1.54) is 39.6 Å². The molecule has 11 heteroatoms.